The number of halogens is 3. The molecule has 0 amide bonds. The average molecular weight is 694 g/mol. The number of pyridine rings is 1. The zero-order chi connectivity index (χ0) is 33.2. The van der Waals surface area contributed by atoms with Gasteiger partial charge in [0.05, 0.1) is 44.6 Å². The third-order valence-electron chi connectivity index (χ3n) is 11.2. The minimum Gasteiger partial charge on any atom is -0.339 e. The van der Waals surface area contributed by atoms with Gasteiger partial charge in [0, 0.05) is 50.0 Å². The number of benzene rings is 1. The average Bonchev–Trinajstić information content (AvgIpc) is 3.74. The number of nitrogens with zero attached hydrogens (tertiary/aromatic N) is 6. The van der Waals surface area contributed by atoms with Crippen LogP contribution < -0.4 is 16.6 Å². The van der Waals surface area contributed by atoms with Crippen LogP contribution in [-0.2, 0) is 7.05 Å². The molecular weight excluding hydrogens is 654 g/mol. The van der Waals surface area contributed by atoms with Crippen molar-refractivity contribution >= 4 is 45.1 Å². The number of para-hydroxylation sites is 1. The van der Waals surface area contributed by atoms with Crippen LogP contribution >= 0.6 is 23.2 Å². The summed E-state index contributed by atoms with van der Waals surface area (Å²) in [5.41, 5.74) is 1.95. The fraction of sp³-hybridized carbons (Fsp3) is 0.486. The van der Waals surface area contributed by atoms with Gasteiger partial charge in [-0.2, -0.15) is 5.10 Å². The molecule has 1 saturated carbocycles. The Morgan fingerprint density at radius 1 is 1.02 bits per heavy atom. The standard InChI is InChI=1S/C35H39Cl2FN8O2/c1-43-30-23-15-28(42-32(23)40-17-24(30)33(47)46(34(43)48)31-25(36)3-2-4-26(31)37)22-16-41-45(19-22)29-7-14-44(20-27(29)38)18-21-5-8-35(9-6-21)10-12-39-13-11-35/h2-4,15-17,19,21,27,29,39H,5-14,18,20H2,1H3,(H,40,42)/t27-,29-/m1/s1. The second-order valence-corrected chi connectivity index (χ2v) is 14.9. The molecular formula is C35H39Cl2FN8O2. The minimum absolute atomic E-state index is 0.132. The molecule has 48 heavy (non-hydrogen) atoms. The molecule has 3 aliphatic rings. The number of alkyl halides is 1. The molecule has 2 saturated heterocycles. The third kappa shape index (κ3) is 5.48. The van der Waals surface area contributed by atoms with E-state index in [-0.39, 0.29) is 27.2 Å². The number of piperidine rings is 2. The van der Waals surface area contributed by atoms with E-state index in [1.54, 1.807) is 36.1 Å². The Kier molecular flexibility index (Phi) is 8.22. The minimum atomic E-state index is -1.01. The van der Waals surface area contributed by atoms with Gasteiger partial charge < -0.3 is 15.2 Å². The maximum absolute atomic E-state index is 15.7. The van der Waals surface area contributed by atoms with E-state index in [4.69, 9.17) is 23.2 Å². The molecule has 4 aromatic heterocycles. The third-order valence-corrected chi connectivity index (χ3v) is 11.8. The number of H-pyrrole nitrogens is 1. The SMILES string of the molecule is Cn1c(=O)n(-c2c(Cl)cccc2Cl)c(=O)c2cnc3[nH]c(-c4cnn([C@@H]5CCN(CC6CCC7(CCNCC7)CC6)C[C@H]5F)c4)cc3c21. The first kappa shape index (κ1) is 31.7. The smallest absolute Gasteiger partial charge is 0.335 e. The zero-order valence-electron chi connectivity index (χ0n) is 26.9. The molecule has 252 valence electrons. The van der Waals surface area contributed by atoms with Crippen molar-refractivity contribution < 1.29 is 4.39 Å². The van der Waals surface area contributed by atoms with E-state index in [0.29, 0.717) is 46.5 Å². The predicted octanol–water partition coefficient (Wildman–Crippen LogP) is 5.88. The van der Waals surface area contributed by atoms with Crippen molar-refractivity contribution in [2.24, 2.45) is 18.4 Å². The Hall–Kier alpha value is -3.51. The van der Waals surface area contributed by atoms with E-state index >= 15 is 4.39 Å². The molecule has 13 heteroatoms. The number of nitrogens with one attached hydrogen (secondary N) is 2. The van der Waals surface area contributed by atoms with Gasteiger partial charge in [-0.25, -0.2) is 18.7 Å². The fourth-order valence-electron chi connectivity index (χ4n) is 8.46. The van der Waals surface area contributed by atoms with Gasteiger partial charge in [0.2, 0.25) is 0 Å². The predicted molar refractivity (Wildman–Crippen MR) is 187 cm³/mol. The molecule has 8 rings (SSSR count). The summed E-state index contributed by atoms with van der Waals surface area (Å²) >= 11 is 12.7. The number of aromatic amines is 1. The fourth-order valence-corrected chi connectivity index (χ4v) is 9.03. The molecule has 3 fully saturated rings. The second-order valence-electron chi connectivity index (χ2n) is 14.1. The van der Waals surface area contributed by atoms with Crippen LogP contribution in [0.2, 0.25) is 10.0 Å². The van der Waals surface area contributed by atoms with E-state index in [1.165, 1.54) is 49.3 Å². The van der Waals surface area contributed by atoms with Crippen molar-refractivity contribution in [1.82, 2.24) is 39.1 Å². The highest BCUT2D eigenvalue weighted by molar-refractivity contribution is 6.37. The van der Waals surface area contributed by atoms with Crippen molar-refractivity contribution in [3.63, 3.8) is 0 Å². The maximum Gasteiger partial charge on any atom is 0.335 e. The van der Waals surface area contributed by atoms with Crippen LogP contribution in [0.1, 0.15) is 51.0 Å². The normalized spacial score (nSPS) is 22.2. The molecule has 0 bridgehead atoms. The summed E-state index contributed by atoms with van der Waals surface area (Å²) < 4.78 is 19.8. The number of hydrogen-bond donors (Lipinski definition) is 2. The topological polar surface area (TPSA) is 106 Å². The summed E-state index contributed by atoms with van der Waals surface area (Å²) in [7, 11) is 1.60. The van der Waals surface area contributed by atoms with E-state index in [9.17, 15) is 9.59 Å². The lowest BCUT2D eigenvalue weighted by Gasteiger charge is -2.44. The van der Waals surface area contributed by atoms with Gasteiger partial charge in [-0.1, -0.05) is 29.3 Å². The van der Waals surface area contributed by atoms with Crippen molar-refractivity contribution in [1.29, 1.82) is 0 Å². The summed E-state index contributed by atoms with van der Waals surface area (Å²) in [6.45, 7) is 4.57. The van der Waals surface area contributed by atoms with Gasteiger partial charge in [-0.15, -0.1) is 0 Å². The van der Waals surface area contributed by atoms with Crippen molar-refractivity contribution in [3.05, 3.63) is 73.7 Å². The number of aromatic nitrogens is 6. The first-order valence-electron chi connectivity index (χ1n) is 16.9. The Labute approximate surface area is 286 Å². The van der Waals surface area contributed by atoms with Crippen LogP contribution in [0.5, 0.6) is 0 Å². The summed E-state index contributed by atoms with van der Waals surface area (Å²) in [5.74, 6) is 0.661. The first-order chi connectivity index (χ1) is 23.2. The Morgan fingerprint density at radius 3 is 2.50 bits per heavy atom. The Balaban J connectivity index is 1.01. The van der Waals surface area contributed by atoms with Crippen LogP contribution in [0.3, 0.4) is 0 Å². The Bertz CT molecular complexity index is 2100. The van der Waals surface area contributed by atoms with Gasteiger partial charge in [-0.3, -0.25) is 14.0 Å². The number of likely N-dealkylation sites (tertiary alicyclic amines) is 1. The number of rotatable bonds is 5. The molecule has 6 heterocycles. The van der Waals surface area contributed by atoms with Crippen LogP contribution in [0.15, 0.2) is 52.4 Å². The van der Waals surface area contributed by atoms with Gasteiger partial charge in [0.1, 0.15) is 11.8 Å². The summed E-state index contributed by atoms with van der Waals surface area (Å²) in [6.07, 6.45) is 12.5. The Morgan fingerprint density at radius 2 is 1.77 bits per heavy atom. The van der Waals surface area contributed by atoms with Crippen molar-refractivity contribution in [3.8, 4) is 16.9 Å². The molecule has 2 N–H and O–H groups in total. The zero-order valence-corrected chi connectivity index (χ0v) is 28.4. The molecule has 10 nitrogen and oxygen atoms in total. The highest BCUT2D eigenvalue weighted by Crippen LogP contribution is 2.45. The van der Waals surface area contributed by atoms with Gasteiger partial charge in [0.25, 0.3) is 5.56 Å². The number of hydrogen-bond acceptors (Lipinski definition) is 6. The molecule has 1 aromatic carbocycles. The van der Waals surface area contributed by atoms with Crippen LogP contribution in [0.4, 0.5) is 4.39 Å². The summed E-state index contributed by atoms with van der Waals surface area (Å²) in [6, 6.07) is 6.32. The molecule has 2 aliphatic heterocycles. The summed E-state index contributed by atoms with van der Waals surface area (Å²) in [5, 5.41) is 9.30. The van der Waals surface area contributed by atoms with Crippen molar-refractivity contribution in [2.75, 3.05) is 32.7 Å². The van der Waals surface area contributed by atoms with E-state index in [2.05, 4.69) is 25.3 Å². The van der Waals surface area contributed by atoms with Crippen molar-refractivity contribution in [2.45, 2.75) is 57.2 Å². The monoisotopic (exact) mass is 692 g/mol. The summed E-state index contributed by atoms with van der Waals surface area (Å²) in [4.78, 5) is 37.4. The van der Waals surface area contributed by atoms with Gasteiger partial charge in [-0.05, 0) is 87.6 Å². The molecule has 1 spiro atoms. The molecule has 1 aliphatic carbocycles. The highest BCUT2D eigenvalue weighted by Gasteiger charge is 2.38. The molecule has 2 atom stereocenters. The second kappa shape index (κ2) is 12.4. The molecule has 0 radical (unpaired) electrons. The molecule has 0 unspecified atom stereocenters. The largest absolute Gasteiger partial charge is 0.339 e. The van der Waals surface area contributed by atoms with Crippen LogP contribution in [0.25, 0.3) is 38.9 Å². The van der Waals surface area contributed by atoms with Gasteiger partial charge >= 0.3 is 5.69 Å². The lowest BCUT2D eigenvalue weighted by Crippen LogP contribution is -2.46. The maximum atomic E-state index is 15.7. The van der Waals surface area contributed by atoms with Crippen LogP contribution in [-0.4, -0.2) is 72.7 Å². The molecule has 5 aromatic rings. The number of aryl methyl sites for hydroxylation is 1. The van der Waals surface area contributed by atoms with E-state index < -0.39 is 17.4 Å². The lowest BCUT2D eigenvalue weighted by molar-refractivity contribution is 0.0490. The van der Waals surface area contributed by atoms with E-state index in [1.807, 2.05) is 12.3 Å². The quantitative estimate of drug-likeness (QED) is 0.238. The van der Waals surface area contributed by atoms with Gasteiger partial charge in [0.15, 0.2) is 0 Å². The first-order valence-corrected chi connectivity index (χ1v) is 17.7. The lowest BCUT2D eigenvalue weighted by atomic mass is 9.65. The van der Waals surface area contributed by atoms with Crippen LogP contribution in [0, 0.1) is 11.3 Å². The number of fused-ring (bicyclic) bond motifs is 3. The van der Waals surface area contributed by atoms with E-state index in [0.717, 1.165) is 36.3 Å². The highest BCUT2D eigenvalue weighted by atomic mass is 35.5.